The third-order valence-corrected chi connectivity index (χ3v) is 5.60. The van der Waals surface area contributed by atoms with Gasteiger partial charge >= 0.3 is 5.76 Å². The Morgan fingerprint density at radius 2 is 1.46 bits per heavy atom. The van der Waals surface area contributed by atoms with E-state index < -0.39 is 5.76 Å². The van der Waals surface area contributed by atoms with Gasteiger partial charge in [0.15, 0.2) is 0 Å². The molecule has 0 saturated carbocycles. The summed E-state index contributed by atoms with van der Waals surface area (Å²) in [6, 6.07) is 28.7. The standard InChI is InChI=1S/C27H23N5O3/c1-30(24(33)19-32-27(34)35-26(29-32)21-13-7-3-8-14-21)17-22-18-31(23-15-9-4-10-16-23)28-25(22)20-11-5-2-6-12-20/h2-16,18H,17,19H2,1H3. The van der Waals surface area contributed by atoms with Crippen molar-refractivity contribution < 1.29 is 9.21 Å². The van der Waals surface area contributed by atoms with Crippen LogP contribution in [0, 0.1) is 0 Å². The number of rotatable bonds is 7. The lowest BCUT2D eigenvalue weighted by Crippen LogP contribution is -2.33. The van der Waals surface area contributed by atoms with Crippen LogP contribution in [0.1, 0.15) is 5.56 Å². The fourth-order valence-corrected chi connectivity index (χ4v) is 3.77. The molecular weight excluding hydrogens is 442 g/mol. The molecule has 0 aliphatic carbocycles. The summed E-state index contributed by atoms with van der Waals surface area (Å²) in [4.78, 5) is 26.8. The van der Waals surface area contributed by atoms with Crippen molar-refractivity contribution in [3.8, 4) is 28.4 Å². The molecule has 0 saturated heterocycles. The van der Waals surface area contributed by atoms with Gasteiger partial charge in [-0.1, -0.05) is 66.7 Å². The zero-order chi connectivity index (χ0) is 24.2. The molecule has 5 rings (SSSR count). The number of carbonyl (C=O) groups is 1. The highest BCUT2D eigenvalue weighted by molar-refractivity contribution is 5.76. The predicted octanol–water partition coefficient (Wildman–Crippen LogP) is 4.01. The fraction of sp³-hybridized carbons (Fsp3) is 0.111. The van der Waals surface area contributed by atoms with Gasteiger partial charge in [0.25, 0.3) is 0 Å². The van der Waals surface area contributed by atoms with E-state index in [0.717, 1.165) is 27.2 Å². The smallest absolute Gasteiger partial charge is 0.388 e. The molecule has 0 unspecified atom stereocenters. The van der Waals surface area contributed by atoms with E-state index in [9.17, 15) is 9.59 Å². The van der Waals surface area contributed by atoms with Gasteiger partial charge in [-0.25, -0.2) is 9.48 Å². The third-order valence-electron chi connectivity index (χ3n) is 5.60. The van der Waals surface area contributed by atoms with Crippen LogP contribution in [0.4, 0.5) is 0 Å². The van der Waals surface area contributed by atoms with Crippen molar-refractivity contribution in [3.05, 3.63) is 113 Å². The lowest BCUT2D eigenvalue weighted by Gasteiger charge is -2.16. The van der Waals surface area contributed by atoms with Gasteiger partial charge in [-0.2, -0.15) is 9.78 Å². The maximum absolute atomic E-state index is 13.0. The molecule has 2 aromatic heterocycles. The molecule has 0 atom stereocenters. The van der Waals surface area contributed by atoms with Gasteiger partial charge in [0.05, 0.1) is 11.4 Å². The molecule has 0 aliphatic rings. The largest absolute Gasteiger partial charge is 0.437 e. The van der Waals surface area contributed by atoms with E-state index in [0.29, 0.717) is 12.1 Å². The number of aromatic nitrogens is 4. The van der Waals surface area contributed by atoms with Crippen molar-refractivity contribution >= 4 is 5.91 Å². The Balaban J connectivity index is 1.38. The van der Waals surface area contributed by atoms with Crippen molar-refractivity contribution in [1.29, 1.82) is 0 Å². The number of hydrogen-bond acceptors (Lipinski definition) is 5. The van der Waals surface area contributed by atoms with Crippen LogP contribution in [0.25, 0.3) is 28.4 Å². The summed E-state index contributed by atoms with van der Waals surface area (Å²) in [6.07, 6.45) is 1.93. The number of amides is 1. The van der Waals surface area contributed by atoms with Gasteiger partial charge in [0.1, 0.15) is 6.54 Å². The Hall–Kier alpha value is -4.72. The molecule has 1 amide bonds. The molecular formula is C27H23N5O3. The molecule has 8 heteroatoms. The number of carbonyl (C=O) groups excluding carboxylic acids is 1. The van der Waals surface area contributed by atoms with Gasteiger partial charge in [-0.3, -0.25) is 4.79 Å². The van der Waals surface area contributed by atoms with Crippen LogP contribution in [-0.2, 0) is 17.9 Å². The SMILES string of the molecule is CN(Cc1cn(-c2ccccc2)nc1-c1ccccc1)C(=O)Cn1nc(-c2ccccc2)oc1=O. The lowest BCUT2D eigenvalue weighted by molar-refractivity contribution is -0.131. The highest BCUT2D eigenvalue weighted by Crippen LogP contribution is 2.25. The molecule has 174 valence electrons. The number of hydrogen-bond donors (Lipinski definition) is 0. The average molecular weight is 466 g/mol. The van der Waals surface area contributed by atoms with Gasteiger partial charge < -0.3 is 9.32 Å². The minimum absolute atomic E-state index is 0.182. The van der Waals surface area contributed by atoms with E-state index >= 15 is 0 Å². The van der Waals surface area contributed by atoms with Gasteiger partial charge in [-0.05, 0) is 24.3 Å². The van der Waals surface area contributed by atoms with E-state index in [4.69, 9.17) is 9.52 Å². The molecule has 5 aromatic rings. The van der Waals surface area contributed by atoms with Gasteiger partial charge in [0, 0.05) is 36.5 Å². The van der Waals surface area contributed by atoms with E-state index in [1.807, 2.05) is 89.7 Å². The second-order valence-corrected chi connectivity index (χ2v) is 8.10. The Morgan fingerprint density at radius 3 is 2.11 bits per heavy atom. The van der Waals surface area contributed by atoms with E-state index in [1.165, 1.54) is 0 Å². The van der Waals surface area contributed by atoms with E-state index in [2.05, 4.69) is 5.10 Å². The monoisotopic (exact) mass is 465 g/mol. The van der Waals surface area contributed by atoms with E-state index in [1.54, 1.807) is 24.1 Å². The van der Waals surface area contributed by atoms with Crippen molar-refractivity contribution in [2.24, 2.45) is 0 Å². The molecule has 35 heavy (non-hydrogen) atoms. The van der Waals surface area contributed by atoms with Crippen molar-refractivity contribution in [3.63, 3.8) is 0 Å². The first kappa shape index (κ1) is 22.1. The Bertz CT molecular complexity index is 1490. The summed E-state index contributed by atoms with van der Waals surface area (Å²) >= 11 is 0. The lowest BCUT2D eigenvalue weighted by atomic mass is 10.1. The Kier molecular flexibility index (Phi) is 6.09. The number of para-hydroxylation sites is 1. The van der Waals surface area contributed by atoms with E-state index in [-0.39, 0.29) is 18.3 Å². The predicted molar refractivity (Wildman–Crippen MR) is 132 cm³/mol. The maximum Gasteiger partial charge on any atom is 0.437 e. The zero-order valence-corrected chi connectivity index (χ0v) is 19.1. The second-order valence-electron chi connectivity index (χ2n) is 8.10. The third kappa shape index (κ3) is 4.81. The van der Waals surface area contributed by atoms with Crippen LogP contribution in [0.3, 0.4) is 0 Å². The summed E-state index contributed by atoms with van der Waals surface area (Å²) in [5.41, 5.74) is 4.23. The van der Waals surface area contributed by atoms with Crippen LogP contribution in [0.15, 0.2) is 106 Å². The highest BCUT2D eigenvalue weighted by atomic mass is 16.4. The summed E-state index contributed by atoms with van der Waals surface area (Å²) < 4.78 is 8.10. The second kappa shape index (κ2) is 9.64. The van der Waals surface area contributed by atoms with Crippen LogP contribution in [0.5, 0.6) is 0 Å². The number of benzene rings is 3. The topological polar surface area (TPSA) is 86.2 Å². The van der Waals surface area contributed by atoms with Gasteiger partial charge in [-0.15, -0.1) is 5.10 Å². The molecule has 0 bridgehead atoms. The number of likely N-dealkylation sites (N-methyl/N-ethyl adjacent to an activating group) is 1. The average Bonchev–Trinajstić information content (AvgIpc) is 3.49. The summed E-state index contributed by atoms with van der Waals surface area (Å²) in [6.45, 7) is 0.0905. The fourth-order valence-electron chi connectivity index (χ4n) is 3.77. The summed E-state index contributed by atoms with van der Waals surface area (Å²) in [5.74, 6) is -0.763. The molecule has 0 spiro atoms. The molecule has 0 aliphatic heterocycles. The molecule has 0 fully saturated rings. The first-order valence-corrected chi connectivity index (χ1v) is 11.2. The van der Waals surface area contributed by atoms with Crippen molar-refractivity contribution in [2.75, 3.05) is 7.05 Å². The van der Waals surface area contributed by atoms with Crippen molar-refractivity contribution in [2.45, 2.75) is 13.1 Å². The van der Waals surface area contributed by atoms with Crippen LogP contribution >= 0.6 is 0 Å². The molecule has 8 nitrogen and oxygen atoms in total. The molecule has 0 radical (unpaired) electrons. The van der Waals surface area contributed by atoms with Crippen molar-refractivity contribution in [1.82, 2.24) is 24.5 Å². The van der Waals surface area contributed by atoms with Crippen LogP contribution in [0.2, 0.25) is 0 Å². The summed E-state index contributed by atoms with van der Waals surface area (Å²) in [7, 11) is 1.69. The van der Waals surface area contributed by atoms with Crippen LogP contribution in [-0.4, -0.2) is 37.4 Å². The van der Waals surface area contributed by atoms with Crippen LogP contribution < -0.4 is 5.76 Å². The quantitative estimate of drug-likeness (QED) is 0.362. The highest BCUT2D eigenvalue weighted by Gasteiger charge is 2.19. The first-order valence-electron chi connectivity index (χ1n) is 11.2. The normalized spacial score (nSPS) is 10.9. The molecule has 0 N–H and O–H groups in total. The minimum atomic E-state index is -0.674. The maximum atomic E-state index is 13.0. The van der Waals surface area contributed by atoms with Gasteiger partial charge in [0.2, 0.25) is 11.8 Å². The molecule has 3 aromatic carbocycles. The first-order chi connectivity index (χ1) is 17.1. The number of nitrogens with zero attached hydrogens (tertiary/aromatic N) is 5. The minimum Gasteiger partial charge on any atom is -0.388 e. The Morgan fingerprint density at radius 1 is 0.857 bits per heavy atom. The molecule has 2 heterocycles. The zero-order valence-electron chi connectivity index (χ0n) is 19.1. The summed E-state index contributed by atoms with van der Waals surface area (Å²) in [5, 5.41) is 8.99. The Labute approximate surface area is 201 Å².